The molecule has 0 amide bonds. The summed E-state index contributed by atoms with van der Waals surface area (Å²) in [6.45, 7) is 1.69. The molecule has 1 aliphatic heterocycles. The van der Waals surface area contributed by atoms with Gasteiger partial charge in [0, 0.05) is 12.8 Å². The van der Waals surface area contributed by atoms with Gasteiger partial charge in [0.1, 0.15) is 17.9 Å². The number of aromatic amines is 1. The lowest BCUT2D eigenvalue weighted by Gasteiger charge is -2.32. The van der Waals surface area contributed by atoms with E-state index in [9.17, 15) is 0 Å². The van der Waals surface area contributed by atoms with Crippen molar-refractivity contribution >= 4 is 17.0 Å². The molecule has 3 aromatic heterocycles. The molecule has 2 N–H and O–H groups in total. The molecule has 4 heterocycles. The van der Waals surface area contributed by atoms with E-state index in [0.717, 1.165) is 23.4 Å². The SMILES string of the molecule is c1ccc(CO[C@@H]2COCC[C@H]2Nc2ncnc3nc[nH]c23)nc1. The van der Waals surface area contributed by atoms with Crippen LogP contribution in [0.1, 0.15) is 12.1 Å². The second-order valence-corrected chi connectivity index (χ2v) is 5.61. The molecule has 124 valence electrons. The number of nitrogens with one attached hydrogen (secondary N) is 2. The molecule has 0 unspecified atom stereocenters. The molecule has 4 rings (SSSR count). The third-order valence-corrected chi connectivity index (χ3v) is 4.02. The van der Waals surface area contributed by atoms with E-state index in [1.54, 1.807) is 12.5 Å². The van der Waals surface area contributed by atoms with E-state index in [-0.39, 0.29) is 12.1 Å². The number of hydrogen-bond donors (Lipinski definition) is 2. The zero-order valence-electron chi connectivity index (χ0n) is 13.1. The van der Waals surface area contributed by atoms with Crippen LogP contribution >= 0.6 is 0 Å². The van der Waals surface area contributed by atoms with E-state index in [4.69, 9.17) is 9.47 Å². The van der Waals surface area contributed by atoms with Gasteiger partial charge in [0.25, 0.3) is 0 Å². The van der Waals surface area contributed by atoms with Crippen LogP contribution < -0.4 is 5.32 Å². The first-order chi connectivity index (χ1) is 11.9. The fourth-order valence-corrected chi connectivity index (χ4v) is 2.77. The summed E-state index contributed by atoms with van der Waals surface area (Å²) in [6.07, 6.45) is 5.65. The minimum absolute atomic E-state index is 0.0753. The molecule has 3 aromatic rings. The van der Waals surface area contributed by atoms with Crippen molar-refractivity contribution in [1.82, 2.24) is 24.9 Å². The Labute approximate surface area is 138 Å². The molecule has 0 radical (unpaired) electrons. The molecule has 0 aliphatic carbocycles. The predicted octanol–water partition coefficient (Wildman–Crippen LogP) is 1.53. The summed E-state index contributed by atoms with van der Waals surface area (Å²) in [7, 11) is 0. The molecule has 0 spiro atoms. The Kier molecular flexibility index (Phi) is 4.30. The van der Waals surface area contributed by atoms with Crippen LogP contribution in [0.25, 0.3) is 11.2 Å². The fraction of sp³-hybridized carbons (Fsp3) is 0.375. The van der Waals surface area contributed by atoms with Crippen LogP contribution in [0.3, 0.4) is 0 Å². The van der Waals surface area contributed by atoms with Crippen molar-refractivity contribution in [1.29, 1.82) is 0 Å². The van der Waals surface area contributed by atoms with Crippen molar-refractivity contribution in [3.63, 3.8) is 0 Å². The van der Waals surface area contributed by atoms with Gasteiger partial charge in [0.2, 0.25) is 0 Å². The summed E-state index contributed by atoms with van der Waals surface area (Å²) in [5.74, 6) is 0.732. The predicted molar refractivity (Wildman–Crippen MR) is 87.3 cm³/mol. The molecule has 2 atom stereocenters. The van der Waals surface area contributed by atoms with Crippen molar-refractivity contribution in [3.8, 4) is 0 Å². The highest BCUT2D eigenvalue weighted by molar-refractivity contribution is 5.82. The topological polar surface area (TPSA) is 97.8 Å². The van der Waals surface area contributed by atoms with E-state index < -0.39 is 0 Å². The molecule has 0 bridgehead atoms. The Morgan fingerprint density at radius 3 is 3.17 bits per heavy atom. The third kappa shape index (κ3) is 3.19. The number of fused-ring (bicyclic) bond motifs is 1. The maximum atomic E-state index is 6.03. The second kappa shape index (κ2) is 6.90. The first-order valence-electron chi connectivity index (χ1n) is 7.90. The smallest absolute Gasteiger partial charge is 0.182 e. The number of H-pyrrole nitrogens is 1. The molecular formula is C16H18N6O2. The summed E-state index contributed by atoms with van der Waals surface area (Å²) in [4.78, 5) is 20.0. The number of rotatable bonds is 5. The Hall–Kier alpha value is -2.58. The molecule has 8 heteroatoms. The molecule has 0 aromatic carbocycles. The van der Waals surface area contributed by atoms with E-state index in [1.165, 1.54) is 6.33 Å². The minimum Gasteiger partial charge on any atom is -0.379 e. The van der Waals surface area contributed by atoms with Gasteiger partial charge in [-0.15, -0.1) is 0 Å². The summed E-state index contributed by atoms with van der Waals surface area (Å²) in [5.41, 5.74) is 2.35. The van der Waals surface area contributed by atoms with Gasteiger partial charge >= 0.3 is 0 Å². The molecule has 1 aliphatic rings. The number of pyridine rings is 1. The highest BCUT2D eigenvalue weighted by Crippen LogP contribution is 2.21. The van der Waals surface area contributed by atoms with Crippen LogP contribution in [-0.2, 0) is 16.1 Å². The van der Waals surface area contributed by atoms with Crippen LogP contribution in [-0.4, -0.2) is 50.3 Å². The number of hydrogen-bond acceptors (Lipinski definition) is 7. The number of aromatic nitrogens is 5. The number of ether oxygens (including phenoxy) is 2. The van der Waals surface area contributed by atoms with Crippen molar-refractivity contribution in [2.75, 3.05) is 18.5 Å². The van der Waals surface area contributed by atoms with Crippen LogP contribution in [0.15, 0.2) is 37.1 Å². The van der Waals surface area contributed by atoms with Gasteiger partial charge in [0.05, 0.1) is 31.3 Å². The summed E-state index contributed by atoms with van der Waals surface area (Å²) in [5, 5.41) is 3.45. The first kappa shape index (κ1) is 15.0. The first-order valence-corrected chi connectivity index (χ1v) is 7.90. The number of nitrogens with zero attached hydrogens (tertiary/aromatic N) is 4. The van der Waals surface area contributed by atoms with E-state index in [0.29, 0.717) is 25.5 Å². The minimum atomic E-state index is -0.0753. The lowest BCUT2D eigenvalue weighted by Crippen LogP contribution is -2.43. The Morgan fingerprint density at radius 1 is 1.25 bits per heavy atom. The number of imidazole rings is 1. The van der Waals surface area contributed by atoms with Gasteiger partial charge < -0.3 is 19.8 Å². The van der Waals surface area contributed by atoms with Gasteiger partial charge in [-0.25, -0.2) is 15.0 Å². The highest BCUT2D eigenvalue weighted by Gasteiger charge is 2.27. The van der Waals surface area contributed by atoms with Crippen molar-refractivity contribution in [2.24, 2.45) is 0 Å². The normalized spacial score (nSPS) is 21.0. The standard InChI is InChI=1S/C16H18N6O2/c1-2-5-17-11(3-1)7-24-13-8-23-6-4-12(13)22-16-14-15(19-9-18-14)20-10-21-16/h1-3,5,9-10,12-13H,4,6-8H2,(H2,18,19,20,21,22)/t12-,13-/m1/s1. The van der Waals surface area contributed by atoms with Gasteiger partial charge in [0.15, 0.2) is 11.5 Å². The summed E-state index contributed by atoms with van der Waals surface area (Å²) in [6, 6.07) is 5.89. The Morgan fingerprint density at radius 2 is 2.25 bits per heavy atom. The third-order valence-electron chi connectivity index (χ3n) is 4.02. The molecule has 0 saturated carbocycles. The Bertz CT molecular complexity index is 793. The van der Waals surface area contributed by atoms with Gasteiger partial charge in [-0.3, -0.25) is 4.98 Å². The van der Waals surface area contributed by atoms with Crippen LogP contribution in [0.2, 0.25) is 0 Å². The quantitative estimate of drug-likeness (QED) is 0.734. The lowest BCUT2D eigenvalue weighted by atomic mass is 10.1. The molecule has 1 fully saturated rings. The summed E-state index contributed by atoms with van der Waals surface area (Å²) < 4.78 is 11.6. The zero-order valence-corrected chi connectivity index (χ0v) is 13.1. The molecule has 8 nitrogen and oxygen atoms in total. The van der Waals surface area contributed by atoms with Gasteiger partial charge in [-0.05, 0) is 18.6 Å². The van der Waals surface area contributed by atoms with Crippen molar-refractivity contribution in [3.05, 3.63) is 42.7 Å². The van der Waals surface area contributed by atoms with E-state index in [1.807, 2.05) is 18.2 Å². The molecule has 24 heavy (non-hydrogen) atoms. The maximum absolute atomic E-state index is 6.03. The zero-order chi connectivity index (χ0) is 16.2. The molecular weight excluding hydrogens is 308 g/mol. The lowest BCUT2D eigenvalue weighted by molar-refractivity contribution is -0.0645. The maximum Gasteiger partial charge on any atom is 0.182 e. The van der Waals surface area contributed by atoms with Gasteiger partial charge in [-0.1, -0.05) is 6.07 Å². The van der Waals surface area contributed by atoms with Crippen molar-refractivity contribution in [2.45, 2.75) is 25.2 Å². The fourth-order valence-electron chi connectivity index (χ4n) is 2.77. The number of anilines is 1. The van der Waals surface area contributed by atoms with Crippen molar-refractivity contribution < 1.29 is 9.47 Å². The molecule has 1 saturated heterocycles. The Balaban J connectivity index is 1.47. The van der Waals surface area contributed by atoms with Crippen LogP contribution in [0.5, 0.6) is 0 Å². The van der Waals surface area contributed by atoms with Crippen LogP contribution in [0.4, 0.5) is 5.82 Å². The van der Waals surface area contributed by atoms with Gasteiger partial charge in [-0.2, -0.15) is 0 Å². The highest BCUT2D eigenvalue weighted by atomic mass is 16.5. The average Bonchev–Trinajstić information content (AvgIpc) is 3.12. The van der Waals surface area contributed by atoms with E-state index >= 15 is 0 Å². The second-order valence-electron chi connectivity index (χ2n) is 5.61. The average molecular weight is 326 g/mol. The monoisotopic (exact) mass is 326 g/mol. The largest absolute Gasteiger partial charge is 0.379 e. The van der Waals surface area contributed by atoms with Crippen LogP contribution in [0, 0.1) is 0 Å². The van der Waals surface area contributed by atoms with E-state index in [2.05, 4.69) is 30.2 Å². The summed E-state index contributed by atoms with van der Waals surface area (Å²) >= 11 is 0.